The van der Waals surface area contributed by atoms with Gasteiger partial charge in [-0.3, -0.25) is 13.9 Å². The highest BCUT2D eigenvalue weighted by Crippen LogP contribution is 2.27. The van der Waals surface area contributed by atoms with Crippen LogP contribution >= 0.6 is 15.9 Å². The van der Waals surface area contributed by atoms with Crippen LogP contribution in [-0.2, 0) is 26.2 Å². The number of rotatable bonds is 12. The van der Waals surface area contributed by atoms with Crippen molar-refractivity contribution in [2.45, 2.75) is 51.1 Å². The molecular weight excluding hydrogens is 566 g/mol. The topological polar surface area (TPSA) is 86.8 Å². The molecule has 202 valence electrons. The van der Waals surface area contributed by atoms with E-state index in [0.29, 0.717) is 23.1 Å². The van der Waals surface area contributed by atoms with Crippen LogP contribution < -0.4 is 9.62 Å². The molecule has 0 saturated carbocycles. The molecule has 0 heterocycles. The fraction of sp³-hybridized carbons (Fsp3) is 0.310. The number of benzene rings is 3. The Kier molecular flexibility index (Phi) is 10.5. The van der Waals surface area contributed by atoms with Gasteiger partial charge in [-0.15, -0.1) is 0 Å². The summed E-state index contributed by atoms with van der Waals surface area (Å²) < 4.78 is 29.3. The van der Waals surface area contributed by atoms with Gasteiger partial charge < -0.3 is 10.2 Å². The molecule has 3 rings (SSSR count). The molecule has 1 atom stereocenters. The highest BCUT2D eigenvalue weighted by Gasteiger charge is 2.33. The zero-order valence-corrected chi connectivity index (χ0v) is 24.3. The van der Waals surface area contributed by atoms with Crippen molar-refractivity contribution in [2.24, 2.45) is 0 Å². The van der Waals surface area contributed by atoms with Crippen molar-refractivity contribution in [2.75, 3.05) is 17.4 Å². The molecule has 0 aliphatic carbocycles. The Balaban J connectivity index is 2.03. The van der Waals surface area contributed by atoms with Gasteiger partial charge in [-0.25, -0.2) is 8.42 Å². The number of sulfonamides is 1. The van der Waals surface area contributed by atoms with E-state index in [2.05, 4.69) is 21.2 Å². The largest absolute Gasteiger partial charge is 0.354 e. The van der Waals surface area contributed by atoms with Crippen molar-refractivity contribution in [1.29, 1.82) is 0 Å². The monoisotopic (exact) mass is 599 g/mol. The number of nitrogens with one attached hydrogen (secondary N) is 1. The smallest absolute Gasteiger partial charge is 0.264 e. The second-order valence-corrected chi connectivity index (χ2v) is 11.8. The first-order valence-corrected chi connectivity index (χ1v) is 14.9. The molecule has 0 aliphatic heterocycles. The third-order valence-electron chi connectivity index (χ3n) is 6.11. The zero-order valence-electron chi connectivity index (χ0n) is 21.9. The highest BCUT2D eigenvalue weighted by molar-refractivity contribution is 9.10. The summed E-state index contributed by atoms with van der Waals surface area (Å²) in [6.07, 6.45) is 1.15. The number of amides is 2. The normalized spacial score (nSPS) is 12.0. The molecule has 0 spiro atoms. The Labute approximate surface area is 234 Å². The number of anilines is 1. The van der Waals surface area contributed by atoms with Gasteiger partial charge in [-0.2, -0.15) is 0 Å². The molecule has 0 aliphatic rings. The van der Waals surface area contributed by atoms with Gasteiger partial charge >= 0.3 is 0 Å². The van der Waals surface area contributed by atoms with Gasteiger partial charge in [0.15, 0.2) is 0 Å². The summed E-state index contributed by atoms with van der Waals surface area (Å²) in [5.41, 5.74) is 2.27. The molecule has 0 unspecified atom stereocenters. The van der Waals surface area contributed by atoms with Crippen LogP contribution in [0.25, 0.3) is 0 Å². The molecule has 9 heteroatoms. The molecule has 0 radical (unpaired) electrons. The van der Waals surface area contributed by atoms with E-state index in [4.69, 9.17) is 0 Å². The Bertz CT molecular complexity index is 1330. The van der Waals surface area contributed by atoms with Crippen LogP contribution in [0.5, 0.6) is 0 Å². The van der Waals surface area contributed by atoms with Crippen LogP contribution in [-0.4, -0.2) is 44.3 Å². The van der Waals surface area contributed by atoms with Crippen LogP contribution in [0, 0.1) is 6.92 Å². The summed E-state index contributed by atoms with van der Waals surface area (Å²) in [7, 11) is -4.08. The van der Waals surface area contributed by atoms with E-state index in [1.54, 1.807) is 42.5 Å². The van der Waals surface area contributed by atoms with Crippen LogP contribution in [0.4, 0.5) is 5.69 Å². The SMILES string of the molecule is CCCNC(=O)[C@@H](CC)N(Cc1ccc(C)cc1)C(=O)CN(c1cccc(Br)c1)S(=O)(=O)c1ccccc1. The maximum atomic E-state index is 14.0. The Hall–Kier alpha value is -3.17. The van der Waals surface area contributed by atoms with Crippen molar-refractivity contribution in [3.63, 3.8) is 0 Å². The van der Waals surface area contributed by atoms with E-state index >= 15 is 0 Å². The number of hydrogen-bond acceptors (Lipinski definition) is 4. The van der Waals surface area contributed by atoms with Gasteiger partial charge in [0, 0.05) is 17.6 Å². The van der Waals surface area contributed by atoms with Gasteiger partial charge in [0.1, 0.15) is 12.6 Å². The third kappa shape index (κ3) is 7.45. The maximum absolute atomic E-state index is 14.0. The first-order valence-electron chi connectivity index (χ1n) is 12.6. The van der Waals surface area contributed by atoms with E-state index in [1.807, 2.05) is 45.0 Å². The van der Waals surface area contributed by atoms with Gasteiger partial charge in [0.25, 0.3) is 10.0 Å². The Morgan fingerprint density at radius 2 is 1.63 bits per heavy atom. The molecule has 0 saturated heterocycles. The van der Waals surface area contributed by atoms with Crippen molar-refractivity contribution in [1.82, 2.24) is 10.2 Å². The van der Waals surface area contributed by atoms with Crippen LogP contribution in [0.2, 0.25) is 0 Å². The summed E-state index contributed by atoms with van der Waals surface area (Å²) in [5, 5.41) is 2.89. The van der Waals surface area contributed by atoms with Crippen LogP contribution in [0.15, 0.2) is 88.2 Å². The average Bonchev–Trinajstić information content (AvgIpc) is 2.91. The standard InChI is InChI=1S/C29H34BrN3O4S/c1-4-18-31-29(35)27(5-2)32(20-23-16-14-22(3)15-17-23)28(34)21-33(25-11-9-10-24(30)19-25)38(36,37)26-12-7-6-8-13-26/h6-17,19,27H,4-5,18,20-21H2,1-3H3,(H,31,35)/t27-/m1/s1. The third-order valence-corrected chi connectivity index (χ3v) is 8.40. The minimum atomic E-state index is -4.08. The first-order chi connectivity index (χ1) is 18.2. The molecule has 3 aromatic rings. The predicted molar refractivity (Wildman–Crippen MR) is 154 cm³/mol. The fourth-order valence-electron chi connectivity index (χ4n) is 4.06. The molecule has 38 heavy (non-hydrogen) atoms. The van der Waals surface area contributed by atoms with Crippen LogP contribution in [0.1, 0.15) is 37.8 Å². The fourth-order valence-corrected chi connectivity index (χ4v) is 5.87. The van der Waals surface area contributed by atoms with E-state index in [1.165, 1.54) is 17.0 Å². The lowest BCUT2D eigenvalue weighted by molar-refractivity contribution is -0.140. The molecule has 7 nitrogen and oxygen atoms in total. The Morgan fingerprint density at radius 1 is 0.947 bits per heavy atom. The molecule has 2 amide bonds. The lowest BCUT2D eigenvalue weighted by Crippen LogP contribution is -2.52. The van der Waals surface area contributed by atoms with E-state index in [0.717, 1.165) is 21.9 Å². The lowest BCUT2D eigenvalue weighted by Gasteiger charge is -2.33. The van der Waals surface area contributed by atoms with Gasteiger partial charge in [0.05, 0.1) is 10.6 Å². The predicted octanol–water partition coefficient (Wildman–Crippen LogP) is 5.29. The number of aryl methyl sites for hydroxylation is 1. The quantitative estimate of drug-likeness (QED) is 0.306. The van der Waals surface area contributed by atoms with E-state index in [9.17, 15) is 18.0 Å². The molecule has 3 aromatic carbocycles. The van der Waals surface area contributed by atoms with Crippen LogP contribution in [0.3, 0.4) is 0 Å². The van der Waals surface area contributed by atoms with Crippen molar-refractivity contribution < 1.29 is 18.0 Å². The second-order valence-electron chi connectivity index (χ2n) is 9.03. The zero-order chi connectivity index (χ0) is 27.7. The maximum Gasteiger partial charge on any atom is 0.264 e. The summed E-state index contributed by atoms with van der Waals surface area (Å²) >= 11 is 3.41. The molecule has 0 aromatic heterocycles. The van der Waals surface area contributed by atoms with Crippen molar-refractivity contribution >= 4 is 43.5 Å². The minimum absolute atomic E-state index is 0.0746. The minimum Gasteiger partial charge on any atom is -0.354 e. The lowest BCUT2D eigenvalue weighted by atomic mass is 10.1. The van der Waals surface area contributed by atoms with Crippen molar-refractivity contribution in [3.05, 3.63) is 94.5 Å². The van der Waals surface area contributed by atoms with Crippen molar-refractivity contribution in [3.8, 4) is 0 Å². The number of hydrogen-bond donors (Lipinski definition) is 1. The summed E-state index contributed by atoms with van der Waals surface area (Å²) in [6, 6.07) is 21.8. The van der Waals surface area contributed by atoms with Gasteiger partial charge in [0.2, 0.25) is 11.8 Å². The summed E-state index contributed by atoms with van der Waals surface area (Å²) in [5.74, 6) is -0.724. The second kappa shape index (κ2) is 13.6. The molecular formula is C29H34BrN3O4S. The molecule has 0 fully saturated rings. The molecule has 0 bridgehead atoms. The number of carbonyl (C=O) groups excluding carboxylic acids is 2. The Morgan fingerprint density at radius 3 is 2.24 bits per heavy atom. The number of carbonyl (C=O) groups is 2. The number of halogens is 1. The van der Waals surface area contributed by atoms with Gasteiger partial charge in [-0.05, 0) is 55.7 Å². The van der Waals surface area contributed by atoms with E-state index in [-0.39, 0.29) is 17.3 Å². The number of nitrogens with zero attached hydrogens (tertiary/aromatic N) is 2. The summed E-state index contributed by atoms with van der Waals surface area (Å²) in [4.78, 5) is 28.6. The summed E-state index contributed by atoms with van der Waals surface area (Å²) in [6.45, 7) is 5.99. The molecule has 1 N–H and O–H groups in total. The average molecular weight is 601 g/mol. The van der Waals surface area contributed by atoms with E-state index < -0.39 is 28.5 Å². The highest BCUT2D eigenvalue weighted by atomic mass is 79.9. The first kappa shape index (κ1) is 29.4. The van der Waals surface area contributed by atoms with Gasteiger partial charge in [-0.1, -0.05) is 83.9 Å².